The summed E-state index contributed by atoms with van der Waals surface area (Å²) in [5, 5.41) is 107. The van der Waals surface area contributed by atoms with E-state index in [4.69, 9.17) is 52.9 Å². The van der Waals surface area contributed by atoms with Gasteiger partial charge >= 0.3 is 74.1 Å². The van der Waals surface area contributed by atoms with Crippen molar-refractivity contribution >= 4 is 74.1 Å². The van der Waals surface area contributed by atoms with Gasteiger partial charge in [-0.2, -0.15) is 60.0 Å². The Kier molecular flexibility index (Phi) is 23.0. The number of carbonyl (C=O) groups excluding carboxylic acids is 1. The first kappa shape index (κ1) is 70.2. The lowest BCUT2D eigenvalue weighted by molar-refractivity contribution is -0.372. The van der Waals surface area contributed by atoms with Crippen molar-refractivity contribution in [2.24, 2.45) is 5.73 Å². The van der Waals surface area contributed by atoms with E-state index in [1.54, 1.807) is 0 Å². The number of rotatable bonds is 24. The van der Waals surface area contributed by atoms with Crippen LogP contribution in [0.25, 0.3) is 0 Å². The number of carbonyl (C=O) groups is 2. The lowest BCUT2D eigenvalue weighted by atomic mass is 9.94. The van der Waals surface area contributed by atoms with Crippen LogP contribution in [0.4, 0.5) is 0 Å². The fourth-order valence-corrected chi connectivity index (χ4v) is 11.2. The van der Waals surface area contributed by atoms with E-state index in [1.165, 1.54) is 9.44 Å². The minimum Gasteiger partial charge on any atom is -0.479 e. The molecule has 0 aromatic rings. The van der Waals surface area contributed by atoms with Gasteiger partial charge in [-0.1, -0.05) is 0 Å². The summed E-state index contributed by atoms with van der Waals surface area (Å²) in [6, 6.07) is -7.44. The van der Waals surface area contributed by atoms with Crippen LogP contribution in [0.2, 0.25) is 0 Å². The number of nitrogens with one attached hydrogen (secondary N) is 2. The van der Waals surface area contributed by atoms with E-state index in [-0.39, 0.29) is 0 Å². The molecule has 46 nitrogen and oxygen atoms in total. The number of carboxylic acids is 1. The predicted octanol–water partition coefficient (Wildman–Crippen LogP) is -14.2. The molecule has 0 spiro atoms. The minimum absolute atomic E-state index is 1.29. The number of ether oxygens (including phenoxy) is 9. The fourth-order valence-electron chi connectivity index (χ4n) is 8.40. The number of hydrogen-bond acceptors (Lipinski definition) is 37. The van der Waals surface area contributed by atoms with Crippen molar-refractivity contribution in [2.45, 2.75) is 153 Å². The molecule has 5 rings (SSSR count). The van der Waals surface area contributed by atoms with Crippen molar-refractivity contribution in [1.82, 2.24) is 9.44 Å². The Morgan fingerprint density at radius 1 is 0.451 bits per heavy atom. The van der Waals surface area contributed by atoms with Crippen molar-refractivity contribution in [3.63, 3.8) is 0 Å². The van der Waals surface area contributed by atoms with Crippen LogP contribution >= 0.6 is 0 Å². The average Bonchev–Trinajstić information content (AvgIpc) is 3.13. The lowest BCUT2D eigenvalue weighted by Crippen LogP contribution is -2.70. The van der Waals surface area contributed by atoms with Gasteiger partial charge in [-0.05, 0) is 0 Å². The van der Waals surface area contributed by atoms with Gasteiger partial charge in [-0.3, -0.25) is 27.3 Å². The number of carboxylic acid groups (broad SMARTS) is 1. The fraction of sp³-hybridized carbons (Fsp3) is 0.933. The summed E-state index contributed by atoms with van der Waals surface area (Å²) in [5.41, 5.74) is 6.16. The van der Waals surface area contributed by atoms with E-state index < -0.39 is 247 Å². The van der Waals surface area contributed by atoms with Gasteiger partial charge in [-0.15, -0.1) is 0 Å². The zero-order chi connectivity index (χ0) is 62.3. The maximum atomic E-state index is 13.4. The highest BCUT2D eigenvalue weighted by Crippen LogP contribution is 2.38. The molecule has 0 aromatic heterocycles. The molecule has 0 saturated carbocycles. The highest BCUT2D eigenvalue weighted by molar-refractivity contribution is 7.84. The van der Waals surface area contributed by atoms with E-state index >= 15 is 0 Å². The van der Waals surface area contributed by atoms with Gasteiger partial charge < -0.3 is 104 Å². The zero-order valence-electron chi connectivity index (χ0n) is 39.8. The first-order valence-corrected chi connectivity index (χ1v) is 30.2. The molecule has 480 valence electrons. The maximum absolute atomic E-state index is 13.4. The molecule has 5 fully saturated rings. The number of aliphatic hydroxyl groups excluding tert-OH is 9. The topological polar surface area (TPSA) is 733 Å². The summed E-state index contributed by atoms with van der Waals surface area (Å²) in [4.78, 5) is 26.0. The molecule has 5 saturated heterocycles. The van der Waals surface area contributed by atoms with Crippen molar-refractivity contribution in [1.29, 1.82) is 0 Å². The lowest BCUT2D eigenvalue weighted by Gasteiger charge is -2.50. The summed E-state index contributed by atoms with van der Waals surface area (Å²) in [6.45, 7) is -4.35. The molecule has 5 aliphatic rings. The maximum Gasteiger partial charge on any atom is 0.449 e. The molecular weight excluding hydrogens is 1280 g/mol. The Morgan fingerprint density at radius 2 is 0.927 bits per heavy atom. The van der Waals surface area contributed by atoms with E-state index in [1.807, 2.05) is 0 Å². The van der Waals surface area contributed by atoms with Crippen LogP contribution in [0, 0.1) is 0 Å². The van der Waals surface area contributed by atoms with Gasteiger partial charge in [0.15, 0.2) is 49.8 Å². The molecule has 0 amide bonds. The quantitative estimate of drug-likeness (QED) is 0.0399. The van der Waals surface area contributed by atoms with Crippen LogP contribution < -0.4 is 15.2 Å². The second-order valence-corrected chi connectivity index (χ2v) is 24.0. The van der Waals surface area contributed by atoms with Crippen molar-refractivity contribution < 1.29 is 198 Å². The average molecular weight is 1330 g/mol. The molecule has 20 N–H and O–H groups in total. The van der Waals surface area contributed by atoms with E-state index in [2.05, 4.69) is 16.7 Å². The number of aliphatic carboxylic acids is 1. The molecule has 0 unspecified atom stereocenters. The van der Waals surface area contributed by atoms with Crippen molar-refractivity contribution in [2.75, 3.05) is 19.8 Å². The molecule has 5 heterocycles. The minimum atomic E-state index is -6.00. The Balaban J connectivity index is 1.49. The summed E-state index contributed by atoms with van der Waals surface area (Å²) in [5.74, 6) is -4.69. The van der Waals surface area contributed by atoms with Crippen molar-refractivity contribution in [3.05, 3.63) is 0 Å². The number of hydrogen-bond donors (Lipinski definition) is 19. The molecule has 0 bridgehead atoms. The third kappa shape index (κ3) is 18.5. The summed E-state index contributed by atoms with van der Waals surface area (Å²) in [7, 11) is -34.2. The Morgan fingerprint density at radius 3 is 1.44 bits per heavy atom. The van der Waals surface area contributed by atoms with Crippen LogP contribution in [0.3, 0.4) is 0 Å². The van der Waals surface area contributed by atoms with Gasteiger partial charge in [0.05, 0.1) is 25.9 Å². The van der Waals surface area contributed by atoms with Gasteiger partial charge in [0.2, 0.25) is 0 Å². The zero-order valence-corrected chi connectivity index (χ0v) is 44.7. The smallest absolute Gasteiger partial charge is 0.449 e. The second-order valence-electron chi connectivity index (χ2n) is 17.4. The predicted molar refractivity (Wildman–Crippen MR) is 236 cm³/mol. The van der Waals surface area contributed by atoms with E-state index in [0.717, 1.165) is 0 Å². The Labute approximate surface area is 458 Å². The van der Waals surface area contributed by atoms with Gasteiger partial charge in [0.25, 0.3) is 0 Å². The standard InChI is InChI=1S/C30H51N3O43S6/c31-7-18(74-80(55,56)57)17(69-29-14(40)13(39)19(22(72-29)24(42)43)71-28-9(33-78(49,50)51)11(37)10(36)6(67-28)3-64-79(52,53)54)5(2-35)66-27(7)70-20-15(41)21(75-81(58,59)60)30(73-23(20)26(45)76-82(61,62)63)68-16-4(1-34)65-25(44)8(12(16)38)32-77(46,47)48/h4-23,25,27-30,32-41,44H,1-3,31H2,(H,42,43)(H,46,47,48)(H,49,50,51)(H,52,53,54)(H,55,56,57)(H,58,59,60)(H,61,62,63)/t4-,5-,6-,7-,8-,9-,10-,11-,12-,13-,14-,15+,16-,17-,18-,19+,20+,21-,22+,23-,25+,27-,28-,29-,30-/m1/s1. The first-order chi connectivity index (χ1) is 37.3. The van der Waals surface area contributed by atoms with E-state index in [0.29, 0.717) is 0 Å². The molecule has 0 aliphatic carbocycles. The van der Waals surface area contributed by atoms with Crippen LogP contribution in [0.1, 0.15) is 0 Å². The Hall–Kier alpha value is -2.56. The number of nitrogens with two attached hydrogens (primary N) is 1. The molecule has 82 heavy (non-hydrogen) atoms. The Bertz CT molecular complexity index is 2920. The van der Waals surface area contributed by atoms with Crippen LogP contribution in [0.15, 0.2) is 0 Å². The largest absolute Gasteiger partial charge is 0.479 e. The molecular formula is C30H51N3O43S6. The van der Waals surface area contributed by atoms with Crippen LogP contribution in [-0.2, 0) is 131 Å². The third-order valence-electron chi connectivity index (χ3n) is 11.8. The monoisotopic (exact) mass is 1330 g/mol. The third-order valence-corrected chi connectivity index (χ3v) is 14.6. The van der Waals surface area contributed by atoms with E-state index in [9.17, 15) is 134 Å². The summed E-state index contributed by atoms with van der Waals surface area (Å²) >= 11 is 0. The van der Waals surface area contributed by atoms with Crippen LogP contribution in [-0.4, -0.2) is 314 Å². The normalized spacial score (nSPS) is 41.1. The first-order valence-electron chi connectivity index (χ1n) is 21.8. The summed E-state index contributed by atoms with van der Waals surface area (Å²) in [6.07, 6.45) is -58.7. The van der Waals surface area contributed by atoms with Gasteiger partial charge in [-0.25, -0.2) is 22.1 Å². The molecule has 5 aliphatic heterocycles. The van der Waals surface area contributed by atoms with Crippen LogP contribution in [0.5, 0.6) is 0 Å². The van der Waals surface area contributed by atoms with Crippen molar-refractivity contribution in [3.8, 4) is 0 Å². The highest BCUT2D eigenvalue weighted by atomic mass is 32.3. The molecule has 0 aromatic carbocycles. The SMILES string of the molecule is N[C@H]1[C@@H](O[C@H]2[C@H](O)[C@@H](OS(=O)(=O)O)[C@H](O[C@H]3[C@H](O)[C@@H](NS(=O)(=O)O)[C@@H](O)O[C@@H]3CO)O[C@H]2C(=O)OS(=O)(=O)O)O[C@H](CO)[C@@H](O[C@@H]2O[C@H](C(=O)O)[C@@H](O[C@H]3O[C@H](COS(=O)(=O)O)[C@@H](O)[C@H](O)[C@H]3NS(=O)(=O)O)[C@H](O)[C@H]2O)[C@@H]1OS(=O)(=O)O. The molecule has 25 atom stereocenters. The van der Waals surface area contributed by atoms with Gasteiger partial charge in [0.1, 0.15) is 97.5 Å². The second kappa shape index (κ2) is 26.8. The summed E-state index contributed by atoms with van der Waals surface area (Å²) < 4.78 is 265. The highest BCUT2D eigenvalue weighted by Gasteiger charge is 2.60. The molecule has 52 heteroatoms. The van der Waals surface area contributed by atoms with Gasteiger partial charge in [0, 0.05) is 0 Å². The molecule has 0 radical (unpaired) electrons. The number of aliphatic hydroxyl groups is 9.